The van der Waals surface area contributed by atoms with E-state index in [2.05, 4.69) is 59.3 Å². The van der Waals surface area contributed by atoms with Crippen LogP contribution < -0.4 is 20.2 Å². The molecule has 3 aliphatic heterocycles. The molecule has 0 spiro atoms. The van der Waals surface area contributed by atoms with Gasteiger partial charge in [0.15, 0.2) is 5.78 Å². The van der Waals surface area contributed by atoms with Crippen molar-refractivity contribution < 1.29 is 4.79 Å². The first-order valence-corrected chi connectivity index (χ1v) is 13.4. The summed E-state index contributed by atoms with van der Waals surface area (Å²) in [6.07, 6.45) is 5.11. The van der Waals surface area contributed by atoms with Crippen LogP contribution in [0.4, 0.5) is 11.4 Å². The fourth-order valence-electron chi connectivity index (χ4n) is 5.13. The van der Waals surface area contributed by atoms with Gasteiger partial charge in [0.2, 0.25) is 0 Å². The van der Waals surface area contributed by atoms with Gasteiger partial charge in [-0.05, 0) is 48.9 Å². The Hall–Kier alpha value is -2.07. The van der Waals surface area contributed by atoms with Crippen molar-refractivity contribution in [3.8, 4) is 0 Å². The zero-order valence-electron chi connectivity index (χ0n) is 16.4. The lowest BCUT2D eigenvalue weighted by molar-refractivity contribution is 0.104. The number of rotatable bonds is 2. The second-order valence-electron chi connectivity index (χ2n) is 8.80. The van der Waals surface area contributed by atoms with Crippen LogP contribution >= 0.6 is 0 Å². The second kappa shape index (κ2) is 6.23. The largest absolute Gasteiger partial charge is 0.372 e. The summed E-state index contributed by atoms with van der Waals surface area (Å²) in [5.41, 5.74) is 4.49. The molecule has 0 unspecified atom stereocenters. The monoisotopic (exact) mass is 376 g/mol. The summed E-state index contributed by atoms with van der Waals surface area (Å²) in [7, 11) is -1.91. The molecule has 0 aromatic heterocycles. The Morgan fingerprint density at radius 3 is 1.52 bits per heavy atom. The van der Waals surface area contributed by atoms with Crippen LogP contribution in [0, 0.1) is 0 Å². The van der Waals surface area contributed by atoms with Crippen LogP contribution in [0.1, 0.15) is 41.6 Å². The molecule has 141 valence electrons. The molecule has 0 radical (unpaired) electrons. The second-order valence-corrected chi connectivity index (χ2v) is 13.1. The Balaban J connectivity index is 1.61. The molecule has 2 aromatic carbocycles. The van der Waals surface area contributed by atoms with Gasteiger partial charge in [0.05, 0.1) is 0 Å². The van der Waals surface area contributed by atoms with Crippen molar-refractivity contribution >= 4 is 35.6 Å². The third kappa shape index (κ3) is 2.65. The Morgan fingerprint density at radius 1 is 0.704 bits per heavy atom. The minimum atomic E-state index is -1.91. The number of fused-ring (bicyclic) bond motifs is 2. The predicted molar refractivity (Wildman–Crippen MR) is 116 cm³/mol. The van der Waals surface area contributed by atoms with E-state index >= 15 is 0 Å². The lowest BCUT2D eigenvalue weighted by atomic mass is 10.0. The Kier molecular flexibility index (Phi) is 3.94. The summed E-state index contributed by atoms with van der Waals surface area (Å²) in [6.45, 7) is 9.40. The van der Waals surface area contributed by atoms with Gasteiger partial charge in [-0.2, -0.15) is 23.5 Å². The molecule has 2 fully saturated rings. The average molecular weight is 377 g/mol. The first-order chi connectivity index (χ1) is 13.1. The minimum absolute atomic E-state index is 0.216. The Bertz CT molecular complexity index is 837. The number of nitrogens with zero attached hydrogens (tertiary/aromatic N) is 2. The molecule has 27 heavy (non-hydrogen) atoms. The molecule has 3 heterocycles. The predicted octanol–water partition coefficient (Wildman–Crippen LogP) is 3.25. The van der Waals surface area contributed by atoms with E-state index in [1.807, 2.05) is 0 Å². The standard InChI is InChI=1S/C23H28N2OSi/c1-27(2)21-15-17(24-11-3-4-12-24)7-9-19(21)23(26)20-10-8-18(16-22(20)27)25-13-5-6-14-25/h7-10,15-16H,3-6,11-14H2,1-2H3/q-1. The van der Waals surface area contributed by atoms with E-state index in [-0.39, 0.29) is 5.78 Å². The Labute approximate surface area is 163 Å². The van der Waals surface area contributed by atoms with E-state index in [9.17, 15) is 4.79 Å². The van der Waals surface area contributed by atoms with Crippen molar-refractivity contribution in [2.24, 2.45) is 0 Å². The van der Waals surface area contributed by atoms with Crippen molar-refractivity contribution in [1.82, 2.24) is 0 Å². The van der Waals surface area contributed by atoms with Crippen molar-refractivity contribution in [1.29, 1.82) is 0 Å². The van der Waals surface area contributed by atoms with Crippen LogP contribution in [-0.4, -0.2) is 40.0 Å². The zero-order valence-corrected chi connectivity index (χ0v) is 17.4. The van der Waals surface area contributed by atoms with Crippen LogP contribution in [0.25, 0.3) is 0 Å². The smallest absolute Gasteiger partial charge is 0.187 e. The molecule has 0 saturated carbocycles. The average Bonchev–Trinajstić information content (AvgIpc) is 3.39. The summed E-state index contributed by atoms with van der Waals surface area (Å²) in [5.74, 6) is 0.216. The topological polar surface area (TPSA) is 23.6 Å². The number of hydrogen-bond acceptors (Lipinski definition) is 3. The summed E-state index contributed by atoms with van der Waals surface area (Å²) in [6, 6.07) is 13.2. The van der Waals surface area contributed by atoms with Crippen molar-refractivity contribution in [3.63, 3.8) is 0 Å². The van der Waals surface area contributed by atoms with Gasteiger partial charge in [-0.15, -0.1) is 0 Å². The van der Waals surface area contributed by atoms with E-state index in [4.69, 9.17) is 0 Å². The zero-order chi connectivity index (χ0) is 18.6. The number of ketones is 1. The normalized spacial score (nSPS) is 20.7. The van der Waals surface area contributed by atoms with Gasteiger partial charge < -0.3 is 9.80 Å². The molecular formula is C23H28N2OSi-. The lowest BCUT2D eigenvalue weighted by Gasteiger charge is -2.44. The number of benzene rings is 2. The summed E-state index contributed by atoms with van der Waals surface area (Å²) >= 11 is 0. The van der Waals surface area contributed by atoms with Gasteiger partial charge in [-0.3, -0.25) is 4.79 Å². The number of carbonyl (C=O) groups is 1. The number of hydrogen-bond donors (Lipinski definition) is 0. The summed E-state index contributed by atoms with van der Waals surface area (Å²) in [5, 5.41) is 2.64. The molecule has 0 atom stereocenters. The summed E-state index contributed by atoms with van der Waals surface area (Å²) in [4.78, 5) is 18.2. The minimum Gasteiger partial charge on any atom is -0.372 e. The van der Waals surface area contributed by atoms with Crippen LogP contribution in [0.5, 0.6) is 0 Å². The first-order valence-electron chi connectivity index (χ1n) is 10.4. The lowest BCUT2D eigenvalue weighted by Crippen LogP contribution is -2.60. The van der Waals surface area contributed by atoms with Crippen molar-refractivity contribution in [2.45, 2.75) is 38.8 Å². The van der Waals surface area contributed by atoms with E-state index in [0.29, 0.717) is 0 Å². The molecule has 0 bridgehead atoms. The highest BCUT2D eigenvalue weighted by molar-refractivity contribution is 7.02. The van der Waals surface area contributed by atoms with E-state index in [0.717, 1.165) is 37.3 Å². The molecule has 0 amide bonds. The maximum atomic E-state index is 13.3. The van der Waals surface area contributed by atoms with Crippen LogP contribution in [0.3, 0.4) is 0 Å². The molecule has 0 aliphatic carbocycles. The van der Waals surface area contributed by atoms with Crippen LogP contribution in [-0.2, 0) is 0 Å². The highest BCUT2D eigenvalue weighted by atomic mass is 28.3. The quantitative estimate of drug-likeness (QED) is 0.752. The molecule has 4 heteroatoms. The van der Waals surface area contributed by atoms with Crippen molar-refractivity contribution in [3.05, 3.63) is 47.5 Å². The maximum Gasteiger partial charge on any atom is 0.187 e. The molecule has 2 saturated heterocycles. The van der Waals surface area contributed by atoms with Crippen LogP contribution in [0.2, 0.25) is 13.1 Å². The van der Waals surface area contributed by atoms with E-state index in [1.54, 1.807) is 0 Å². The highest BCUT2D eigenvalue weighted by Gasteiger charge is 2.30. The SMILES string of the molecule is C[Si-]1(C)c2cc(N3CCCC3)ccc2C(=O)c2ccc(N3CCCC3)cc21. The van der Waals surface area contributed by atoms with Gasteiger partial charge >= 0.3 is 0 Å². The third-order valence-electron chi connectivity index (χ3n) is 6.78. The molecule has 2 aromatic rings. The van der Waals surface area contributed by atoms with Gasteiger partial charge in [0, 0.05) is 37.6 Å². The summed E-state index contributed by atoms with van der Waals surface area (Å²) < 4.78 is 0. The maximum absolute atomic E-state index is 13.3. The number of carbonyl (C=O) groups excluding carboxylic acids is 1. The fraction of sp³-hybridized carbons (Fsp3) is 0.435. The third-order valence-corrected chi connectivity index (χ3v) is 10.3. The van der Waals surface area contributed by atoms with E-state index < -0.39 is 8.07 Å². The molecule has 3 nitrogen and oxygen atoms in total. The van der Waals surface area contributed by atoms with Crippen LogP contribution in [0.15, 0.2) is 36.4 Å². The van der Waals surface area contributed by atoms with Gasteiger partial charge in [-0.25, -0.2) is 0 Å². The highest BCUT2D eigenvalue weighted by Crippen LogP contribution is 2.28. The number of anilines is 2. The van der Waals surface area contributed by atoms with Gasteiger partial charge in [0.1, 0.15) is 0 Å². The molecular weight excluding hydrogens is 348 g/mol. The molecule has 5 rings (SSSR count). The Morgan fingerprint density at radius 2 is 1.11 bits per heavy atom. The molecule has 3 aliphatic rings. The molecule has 0 N–H and O–H groups in total. The van der Waals surface area contributed by atoms with E-state index in [1.165, 1.54) is 47.4 Å². The van der Waals surface area contributed by atoms with Gasteiger partial charge in [-0.1, -0.05) is 32.3 Å². The van der Waals surface area contributed by atoms with Gasteiger partial charge in [0.25, 0.3) is 0 Å². The first kappa shape index (κ1) is 17.1. The fourth-order valence-corrected chi connectivity index (χ4v) is 8.18. The van der Waals surface area contributed by atoms with Crippen molar-refractivity contribution in [2.75, 3.05) is 36.0 Å².